The summed E-state index contributed by atoms with van der Waals surface area (Å²) in [5.74, 6) is 5.43. The van der Waals surface area contributed by atoms with Gasteiger partial charge in [0, 0.05) is 4.47 Å². The molecule has 4 heteroatoms. The second kappa shape index (κ2) is 5.82. The summed E-state index contributed by atoms with van der Waals surface area (Å²) in [5.41, 5.74) is 6.78. The highest BCUT2D eigenvalue weighted by Crippen LogP contribution is 2.29. The van der Waals surface area contributed by atoms with Gasteiger partial charge >= 0.3 is 0 Å². The summed E-state index contributed by atoms with van der Waals surface area (Å²) < 4.78 is 14.4. The van der Waals surface area contributed by atoms with Crippen LogP contribution in [-0.2, 0) is 0 Å². The van der Waals surface area contributed by atoms with Crippen LogP contribution in [0.1, 0.15) is 28.3 Å². The quantitative estimate of drug-likeness (QED) is 0.667. The third-order valence-electron chi connectivity index (χ3n) is 3.27. The van der Waals surface area contributed by atoms with Crippen LogP contribution < -0.4 is 11.3 Å². The molecule has 0 fully saturated rings. The Morgan fingerprint density at radius 3 is 2.26 bits per heavy atom. The number of hydrogen-bond acceptors (Lipinski definition) is 2. The Balaban J connectivity index is 2.55. The number of nitrogens with one attached hydrogen (secondary N) is 1. The van der Waals surface area contributed by atoms with Crippen LogP contribution in [0.3, 0.4) is 0 Å². The second-order valence-electron chi connectivity index (χ2n) is 4.60. The first-order chi connectivity index (χ1) is 9.02. The van der Waals surface area contributed by atoms with Gasteiger partial charge in [-0.1, -0.05) is 28.1 Å². The van der Waals surface area contributed by atoms with Gasteiger partial charge in [0.1, 0.15) is 5.82 Å². The molecule has 3 N–H and O–H groups in total. The average molecular weight is 323 g/mol. The van der Waals surface area contributed by atoms with Gasteiger partial charge in [0.05, 0.1) is 6.04 Å². The highest BCUT2D eigenvalue weighted by molar-refractivity contribution is 9.10. The standard InChI is InChI=1S/C15H16BrFN2/c1-9-3-5-11(16)7-13(9)15(19-18)14-8-12(17)6-4-10(14)2/h3-8,15,19H,18H2,1-2H3. The number of hydrogen-bond donors (Lipinski definition) is 2. The molecule has 0 aromatic heterocycles. The van der Waals surface area contributed by atoms with Crippen molar-refractivity contribution in [3.05, 3.63) is 68.9 Å². The van der Waals surface area contributed by atoms with Gasteiger partial charge in [0.2, 0.25) is 0 Å². The SMILES string of the molecule is Cc1ccc(F)cc1C(NN)c1cc(Br)ccc1C. The number of rotatable bonds is 3. The molecule has 0 radical (unpaired) electrons. The van der Waals surface area contributed by atoms with E-state index in [1.165, 1.54) is 12.1 Å². The molecule has 100 valence electrons. The van der Waals surface area contributed by atoms with Crippen molar-refractivity contribution in [2.45, 2.75) is 19.9 Å². The fraction of sp³-hybridized carbons (Fsp3) is 0.200. The fourth-order valence-electron chi connectivity index (χ4n) is 2.19. The van der Waals surface area contributed by atoms with Crippen LogP contribution in [0.15, 0.2) is 40.9 Å². The molecule has 2 rings (SSSR count). The van der Waals surface area contributed by atoms with Crippen LogP contribution in [-0.4, -0.2) is 0 Å². The Morgan fingerprint density at radius 1 is 1.05 bits per heavy atom. The van der Waals surface area contributed by atoms with Crippen molar-refractivity contribution in [2.75, 3.05) is 0 Å². The van der Waals surface area contributed by atoms with Gasteiger partial charge in [0.15, 0.2) is 0 Å². The first-order valence-corrected chi connectivity index (χ1v) is 6.80. The highest BCUT2D eigenvalue weighted by Gasteiger charge is 2.17. The van der Waals surface area contributed by atoms with Gasteiger partial charge in [0.25, 0.3) is 0 Å². The monoisotopic (exact) mass is 322 g/mol. The summed E-state index contributed by atoms with van der Waals surface area (Å²) in [6.07, 6.45) is 0. The maximum absolute atomic E-state index is 13.5. The zero-order valence-corrected chi connectivity index (χ0v) is 12.5. The Morgan fingerprint density at radius 2 is 1.63 bits per heavy atom. The Hall–Kier alpha value is -1.23. The molecule has 1 atom stereocenters. The van der Waals surface area contributed by atoms with Crippen LogP contribution in [0.4, 0.5) is 4.39 Å². The van der Waals surface area contributed by atoms with Crippen LogP contribution in [0.5, 0.6) is 0 Å². The number of nitrogens with two attached hydrogens (primary N) is 1. The van der Waals surface area contributed by atoms with Crippen LogP contribution >= 0.6 is 15.9 Å². The Kier molecular flexibility index (Phi) is 4.34. The topological polar surface area (TPSA) is 38.0 Å². The summed E-state index contributed by atoms with van der Waals surface area (Å²) in [6, 6.07) is 10.5. The average Bonchev–Trinajstić information content (AvgIpc) is 2.38. The highest BCUT2D eigenvalue weighted by atomic mass is 79.9. The van der Waals surface area contributed by atoms with Crippen LogP contribution in [0.2, 0.25) is 0 Å². The van der Waals surface area contributed by atoms with Gasteiger partial charge in [-0.25, -0.2) is 9.82 Å². The van der Waals surface area contributed by atoms with Crippen LogP contribution in [0, 0.1) is 19.7 Å². The number of aryl methyl sites for hydroxylation is 2. The lowest BCUT2D eigenvalue weighted by molar-refractivity contribution is 0.601. The Bertz CT molecular complexity index is 547. The summed E-state index contributed by atoms with van der Waals surface area (Å²) in [7, 11) is 0. The lowest BCUT2D eigenvalue weighted by atomic mass is 9.92. The fourth-order valence-corrected chi connectivity index (χ4v) is 2.57. The maximum Gasteiger partial charge on any atom is 0.123 e. The van der Waals surface area contributed by atoms with Gasteiger partial charge in [-0.15, -0.1) is 0 Å². The summed E-state index contributed by atoms with van der Waals surface area (Å²) in [4.78, 5) is 0. The van der Waals surface area contributed by atoms with Crippen molar-refractivity contribution in [3.8, 4) is 0 Å². The molecule has 0 aliphatic heterocycles. The maximum atomic E-state index is 13.5. The molecule has 0 amide bonds. The molecule has 1 unspecified atom stereocenters. The summed E-state index contributed by atoms with van der Waals surface area (Å²) in [5, 5.41) is 0. The molecule has 0 spiro atoms. The molecular weight excluding hydrogens is 307 g/mol. The number of benzene rings is 2. The largest absolute Gasteiger partial charge is 0.271 e. The molecule has 2 nitrogen and oxygen atoms in total. The minimum atomic E-state index is -0.256. The Labute approximate surface area is 120 Å². The predicted molar refractivity (Wildman–Crippen MR) is 79.2 cm³/mol. The molecule has 19 heavy (non-hydrogen) atoms. The van der Waals surface area contributed by atoms with Crippen LogP contribution in [0.25, 0.3) is 0 Å². The number of hydrazine groups is 1. The van der Waals surface area contributed by atoms with Crippen molar-refractivity contribution in [1.82, 2.24) is 5.43 Å². The van der Waals surface area contributed by atoms with E-state index < -0.39 is 0 Å². The van der Waals surface area contributed by atoms with Crippen molar-refractivity contribution >= 4 is 15.9 Å². The van der Waals surface area contributed by atoms with Crippen molar-refractivity contribution in [1.29, 1.82) is 0 Å². The molecule has 0 aliphatic rings. The van der Waals surface area contributed by atoms with E-state index in [0.29, 0.717) is 0 Å². The smallest absolute Gasteiger partial charge is 0.123 e. The van der Waals surface area contributed by atoms with E-state index in [1.807, 2.05) is 32.0 Å². The third-order valence-corrected chi connectivity index (χ3v) is 3.76. The van der Waals surface area contributed by atoms with E-state index in [9.17, 15) is 4.39 Å². The van der Waals surface area contributed by atoms with E-state index in [2.05, 4.69) is 21.4 Å². The molecule has 0 saturated heterocycles. The van der Waals surface area contributed by atoms with Gasteiger partial charge in [-0.2, -0.15) is 0 Å². The van der Waals surface area contributed by atoms with E-state index in [4.69, 9.17) is 5.84 Å². The molecule has 2 aromatic rings. The minimum Gasteiger partial charge on any atom is -0.271 e. The van der Waals surface area contributed by atoms with Gasteiger partial charge in [-0.3, -0.25) is 5.84 Å². The zero-order chi connectivity index (χ0) is 14.0. The molecule has 2 aromatic carbocycles. The van der Waals surface area contributed by atoms with E-state index >= 15 is 0 Å². The lowest BCUT2D eigenvalue weighted by Crippen LogP contribution is -2.30. The van der Waals surface area contributed by atoms with E-state index in [0.717, 1.165) is 26.7 Å². The summed E-state index contributed by atoms with van der Waals surface area (Å²) >= 11 is 3.46. The zero-order valence-electron chi connectivity index (χ0n) is 10.9. The molecule has 0 saturated carbocycles. The van der Waals surface area contributed by atoms with E-state index in [-0.39, 0.29) is 11.9 Å². The third kappa shape index (κ3) is 3.03. The first kappa shape index (κ1) is 14.2. The first-order valence-electron chi connectivity index (χ1n) is 6.01. The van der Waals surface area contributed by atoms with Crippen molar-refractivity contribution in [3.63, 3.8) is 0 Å². The molecule has 0 aliphatic carbocycles. The van der Waals surface area contributed by atoms with Crippen molar-refractivity contribution in [2.24, 2.45) is 5.84 Å². The second-order valence-corrected chi connectivity index (χ2v) is 5.52. The van der Waals surface area contributed by atoms with Gasteiger partial charge < -0.3 is 0 Å². The molecular formula is C15H16BrFN2. The normalized spacial score (nSPS) is 12.5. The molecule has 0 bridgehead atoms. The summed E-state index contributed by atoms with van der Waals surface area (Å²) in [6.45, 7) is 3.97. The minimum absolute atomic E-state index is 0.229. The van der Waals surface area contributed by atoms with Crippen molar-refractivity contribution < 1.29 is 4.39 Å². The van der Waals surface area contributed by atoms with Gasteiger partial charge in [-0.05, 0) is 60.4 Å². The van der Waals surface area contributed by atoms with E-state index in [1.54, 1.807) is 6.07 Å². The predicted octanol–water partition coefficient (Wildman–Crippen LogP) is 3.76. The number of halogens is 2. The molecule has 0 heterocycles. The lowest BCUT2D eigenvalue weighted by Gasteiger charge is -2.21.